The Morgan fingerprint density at radius 2 is 1.97 bits per heavy atom. The Labute approximate surface area is 173 Å². The minimum absolute atomic E-state index is 0.157. The predicted octanol–water partition coefficient (Wildman–Crippen LogP) is 4.36. The van der Waals surface area contributed by atoms with Crippen molar-refractivity contribution < 1.29 is 4.74 Å². The van der Waals surface area contributed by atoms with E-state index in [9.17, 15) is 0 Å². The Hall–Kier alpha value is -2.63. The number of rotatable bonds is 4. The van der Waals surface area contributed by atoms with E-state index in [0.29, 0.717) is 5.82 Å². The zero-order valence-corrected chi connectivity index (χ0v) is 17.9. The molecule has 29 heavy (non-hydrogen) atoms. The largest absolute Gasteiger partial charge is 0.488 e. The minimum Gasteiger partial charge on any atom is -0.488 e. The normalized spacial score (nSPS) is 20.0. The SMILES string of the molecule is CCN(C)c1c(OC2CCC(=N)CC2)ccc2c1CC(C)(C)c1c(N)ncnc1-2. The average Bonchev–Trinajstić information content (AvgIpc) is 2.68. The molecule has 0 aliphatic heterocycles. The van der Waals surface area contributed by atoms with Crippen LogP contribution in [-0.4, -0.2) is 35.4 Å². The number of ether oxygens (including phenoxy) is 1. The van der Waals surface area contributed by atoms with Crippen LogP contribution in [0.5, 0.6) is 5.75 Å². The summed E-state index contributed by atoms with van der Waals surface area (Å²) in [5, 5.41) is 7.87. The van der Waals surface area contributed by atoms with Crippen molar-refractivity contribution in [1.82, 2.24) is 9.97 Å². The van der Waals surface area contributed by atoms with Crippen LogP contribution in [0.3, 0.4) is 0 Å². The van der Waals surface area contributed by atoms with Gasteiger partial charge in [0.1, 0.15) is 17.9 Å². The summed E-state index contributed by atoms with van der Waals surface area (Å²) >= 11 is 0. The highest BCUT2D eigenvalue weighted by atomic mass is 16.5. The summed E-state index contributed by atoms with van der Waals surface area (Å²) in [5.41, 5.74) is 12.5. The fourth-order valence-electron chi connectivity index (χ4n) is 4.73. The summed E-state index contributed by atoms with van der Waals surface area (Å²) in [7, 11) is 2.12. The van der Waals surface area contributed by atoms with Gasteiger partial charge in [-0.2, -0.15) is 0 Å². The summed E-state index contributed by atoms with van der Waals surface area (Å²) in [6.07, 6.45) is 6.11. The van der Waals surface area contributed by atoms with E-state index in [1.165, 1.54) is 5.56 Å². The first-order valence-corrected chi connectivity index (χ1v) is 10.5. The fraction of sp³-hybridized carbons (Fsp3) is 0.522. The molecule has 1 heterocycles. The van der Waals surface area contributed by atoms with Crippen LogP contribution < -0.4 is 15.4 Å². The van der Waals surface area contributed by atoms with Crippen LogP contribution in [0.4, 0.5) is 11.5 Å². The second-order valence-corrected chi connectivity index (χ2v) is 8.92. The molecule has 0 spiro atoms. The van der Waals surface area contributed by atoms with Gasteiger partial charge in [-0.1, -0.05) is 13.8 Å². The molecule has 1 saturated carbocycles. The van der Waals surface area contributed by atoms with E-state index >= 15 is 0 Å². The Morgan fingerprint density at radius 1 is 1.24 bits per heavy atom. The lowest BCUT2D eigenvalue weighted by Gasteiger charge is -2.37. The van der Waals surface area contributed by atoms with Crippen molar-refractivity contribution in [2.75, 3.05) is 24.2 Å². The summed E-state index contributed by atoms with van der Waals surface area (Å²) in [6, 6.07) is 4.21. The summed E-state index contributed by atoms with van der Waals surface area (Å²) < 4.78 is 6.51. The molecule has 0 atom stereocenters. The smallest absolute Gasteiger partial charge is 0.143 e. The van der Waals surface area contributed by atoms with Gasteiger partial charge < -0.3 is 20.8 Å². The van der Waals surface area contributed by atoms with E-state index in [1.54, 1.807) is 6.33 Å². The topological polar surface area (TPSA) is 88.1 Å². The standard InChI is InChI=1S/C23H31N5O/c1-5-28(4)21-17-12-23(2,3)19-20(26-13-27-22(19)25)16(17)10-11-18(21)29-15-8-6-14(24)7-9-15/h10-11,13,15,24H,5-9,12H2,1-4H3,(H2,25,26,27). The molecule has 0 bridgehead atoms. The van der Waals surface area contributed by atoms with Crippen molar-refractivity contribution in [3.05, 3.63) is 29.6 Å². The molecule has 2 aromatic rings. The molecule has 0 amide bonds. The van der Waals surface area contributed by atoms with E-state index in [-0.39, 0.29) is 11.5 Å². The van der Waals surface area contributed by atoms with Crippen LogP contribution in [-0.2, 0) is 11.8 Å². The van der Waals surface area contributed by atoms with Gasteiger partial charge in [-0.15, -0.1) is 0 Å². The Morgan fingerprint density at radius 3 is 2.66 bits per heavy atom. The maximum Gasteiger partial charge on any atom is 0.143 e. The Bertz CT molecular complexity index is 943. The highest BCUT2D eigenvalue weighted by Crippen LogP contribution is 2.49. The molecule has 1 aromatic heterocycles. The molecule has 0 unspecified atom stereocenters. The van der Waals surface area contributed by atoms with Crippen molar-refractivity contribution in [2.24, 2.45) is 0 Å². The van der Waals surface area contributed by atoms with Gasteiger partial charge in [-0.05, 0) is 62.1 Å². The first kappa shape index (κ1) is 19.7. The van der Waals surface area contributed by atoms with Crippen LogP contribution in [0.1, 0.15) is 57.6 Å². The van der Waals surface area contributed by atoms with E-state index < -0.39 is 0 Å². The number of hydrogen-bond donors (Lipinski definition) is 2. The lowest BCUT2D eigenvalue weighted by atomic mass is 9.71. The predicted molar refractivity (Wildman–Crippen MR) is 118 cm³/mol. The number of aromatic nitrogens is 2. The lowest BCUT2D eigenvalue weighted by Crippen LogP contribution is -2.31. The number of nitrogens with two attached hydrogens (primary N) is 1. The molecule has 154 valence electrons. The fourth-order valence-corrected chi connectivity index (χ4v) is 4.73. The van der Waals surface area contributed by atoms with E-state index in [2.05, 4.69) is 54.8 Å². The molecule has 0 saturated heterocycles. The molecule has 6 nitrogen and oxygen atoms in total. The number of nitrogens with one attached hydrogen (secondary N) is 1. The van der Waals surface area contributed by atoms with Crippen LogP contribution in [0.25, 0.3) is 11.3 Å². The molecule has 1 aromatic carbocycles. The van der Waals surface area contributed by atoms with Crippen LogP contribution in [0, 0.1) is 5.41 Å². The number of benzene rings is 1. The molecule has 3 N–H and O–H groups in total. The molecule has 6 heteroatoms. The molecular weight excluding hydrogens is 362 g/mol. The second-order valence-electron chi connectivity index (χ2n) is 8.92. The number of hydrogen-bond acceptors (Lipinski definition) is 6. The van der Waals surface area contributed by atoms with Gasteiger partial charge >= 0.3 is 0 Å². The number of fused-ring (bicyclic) bond motifs is 3. The third kappa shape index (κ3) is 3.45. The molecule has 4 rings (SSSR count). The second kappa shape index (κ2) is 7.32. The number of nitrogens with zero attached hydrogens (tertiary/aromatic N) is 3. The zero-order chi connectivity index (χ0) is 20.8. The highest BCUT2D eigenvalue weighted by Gasteiger charge is 2.37. The number of nitrogen functional groups attached to an aromatic ring is 1. The van der Waals surface area contributed by atoms with Gasteiger partial charge in [0.2, 0.25) is 0 Å². The summed E-state index contributed by atoms with van der Waals surface area (Å²) in [5.74, 6) is 1.51. The van der Waals surface area contributed by atoms with Crippen molar-refractivity contribution >= 4 is 17.2 Å². The molecule has 2 aliphatic rings. The van der Waals surface area contributed by atoms with Gasteiger partial charge in [0.05, 0.1) is 17.5 Å². The van der Waals surface area contributed by atoms with Gasteiger partial charge in [-0.3, -0.25) is 0 Å². The van der Waals surface area contributed by atoms with Crippen LogP contribution in [0.15, 0.2) is 18.5 Å². The zero-order valence-electron chi connectivity index (χ0n) is 17.9. The molecular formula is C23H31N5O. The maximum atomic E-state index is 7.87. The third-order valence-corrected chi connectivity index (χ3v) is 6.36. The molecule has 0 radical (unpaired) electrons. The summed E-state index contributed by atoms with van der Waals surface area (Å²) in [4.78, 5) is 11.1. The molecule has 2 aliphatic carbocycles. The van der Waals surface area contributed by atoms with Crippen molar-refractivity contribution in [2.45, 2.75) is 64.4 Å². The quantitative estimate of drug-likeness (QED) is 0.806. The van der Waals surface area contributed by atoms with Crippen molar-refractivity contribution in [3.63, 3.8) is 0 Å². The van der Waals surface area contributed by atoms with E-state index in [0.717, 1.165) is 72.6 Å². The third-order valence-electron chi connectivity index (χ3n) is 6.36. The first-order valence-electron chi connectivity index (χ1n) is 10.5. The first-order chi connectivity index (χ1) is 13.8. The monoisotopic (exact) mass is 393 g/mol. The molecule has 1 fully saturated rings. The average molecular weight is 394 g/mol. The van der Waals surface area contributed by atoms with Crippen molar-refractivity contribution in [3.8, 4) is 17.0 Å². The van der Waals surface area contributed by atoms with Gasteiger partial charge in [-0.25, -0.2) is 9.97 Å². The summed E-state index contributed by atoms with van der Waals surface area (Å²) in [6.45, 7) is 7.48. The Balaban J connectivity index is 1.82. The Kier molecular flexibility index (Phi) is 4.97. The van der Waals surface area contributed by atoms with Gasteiger partial charge in [0.15, 0.2) is 0 Å². The van der Waals surface area contributed by atoms with Crippen LogP contribution >= 0.6 is 0 Å². The lowest BCUT2D eigenvalue weighted by molar-refractivity contribution is 0.178. The van der Waals surface area contributed by atoms with Crippen LogP contribution in [0.2, 0.25) is 0 Å². The highest BCUT2D eigenvalue weighted by molar-refractivity contribution is 5.83. The van der Waals surface area contributed by atoms with Gasteiger partial charge in [0.25, 0.3) is 0 Å². The maximum absolute atomic E-state index is 7.87. The van der Waals surface area contributed by atoms with E-state index in [1.807, 2.05) is 0 Å². The van der Waals surface area contributed by atoms with Crippen molar-refractivity contribution in [1.29, 1.82) is 5.41 Å². The van der Waals surface area contributed by atoms with Gasteiger partial charge in [0, 0.05) is 30.4 Å². The van der Waals surface area contributed by atoms with E-state index in [4.69, 9.17) is 15.9 Å². The minimum atomic E-state index is -0.157. The number of anilines is 2.